The summed E-state index contributed by atoms with van der Waals surface area (Å²) < 4.78 is 22.3. The average Bonchev–Trinajstić information content (AvgIpc) is 2.72. The van der Waals surface area contributed by atoms with Crippen molar-refractivity contribution in [1.29, 1.82) is 0 Å². The molecule has 1 aromatic carbocycles. The zero-order chi connectivity index (χ0) is 18.0. The molecule has 2 rings (SSSR count). The first kappa shape index (κ1) is 18.2. The number of hydrogen-bond acceptors (Lipinski definition) is 6. The molecule has 0 spiro atoms. The number of nitrogens with one attached hydrogen (secondary N) is 1. The molecule has 1 amide bonds. The molecule has 0 bridgehead atoms. The van der Waals surface area contributed by atoms with E-state index < -0.39 is 17.4 Å². The van der Waals surface area contributed by atoms with Crippen LogP contribution in [0.15, 0.2) is 18.2 Å². The fourth-order valence-electron chi connectivity index (χ4n) is 2.42. The monoisotopic (exact) mass is 337 g/mol. The van der Waals surface area contributed by atoms with Crippen molar-refractivity contribution in [1.82, 2.24) is 0 Å². The van der Waals surface area contributed by atoms with Gasteiger partial charge in [-0.2, -0.15) is 0 Å². The molecule has 0 aromatic heterocycles. The highest BCUT2D eigenvalue weighted by Crippen LogP contribution is 2.34. The Labute approximate surface area is 141 Å². The minimum Gasteiger partial charge on any atom is -0.488 e. The van der Waals surface area contributed by atoms with Gasteiger partial charge in [0.1, 0.15) is 23.7 Å². The summed E-state index contributed by atoms with van der Waals surface area (Å²) in [5.41, 5.74) is -0.130. The third kappa shape index (κ3) is 4.94. The third-order valence-corrected chi connectivity index (χ3v) is 3.28. The van der Waals surface area contributed by atoms with Gasteiger partial charge < -0.3 is 24.3 Å². The van der Waals surface area contributed by atoms with Crippen molar-refractivity contribution in [2.75, 3.05) is 18.5 Å². The van der Waals surface area contributed by atoms with Crippen LogP contribution in [-0.2, 0) is 19.1 Å². The van der Waals surface area contributed by atoms with Crippen LogP contribution in [0.2, 0.25) is 0 Å². The second kappa shape index (κ2) is 6.78. The van der Waals surface area contributed by atoms with E-state index in [1.54, 1.807) is 18.2 Å². The predicted molar refractivity (Wildman–Crippen MR) is 87.1 cm³/mol. The van der Waals surface area contributed by atoms with Gasteiger partial charge in [-0.25, -0.2) is 0 Å². The van der Waals surface area contributed by atoms with E-state index in [0.29, 0.717) is 23.8 Å². The summed E-state index contributed by atoms with van der Waals surface area (Å²) in [5, 5.41) is 2.68. The van der Waals surface area contributed by atoms with Crippen LogP contribution in [0.3, 0.4) is 0 Å². The normalized spacial score (nSPS) is 22.0. The maximum atomic E-state index is 11.3. The molecule has 1 saturated heterocycles. The van der Waals surface area contributed by atoms with E-state index >= 15 is 0 Å². The Bertz CT molecular complexity index is 642. The maximum Gasteiger partial charge on any atom is 0.308 e. The highest BCUT2D eigenvalue weighted by molar-refractivity contribution is 5.90. The summed E-state index contributed by atoms with van der Waals surface area (Å²) >= 11 is 0. The number of anilines is 1. The molecule has 1 unspecified atom stereocenters. The Morgan fingerprint density at radius 2 is 1.96 bits per heavy atom. The van der Waals surface area contributed by atoms with Crippen molar-refractivity contribution in [3.63, 3.8) is 0 Å². The van der Waals surface area contributed by atoms with Gasteiger partial charge in [0, 0.05) is 19.9 Å². The van der Waals surface area contributed by atoms with Gasteiger partial charge in [-0.05, 0) is 32.9 Å². The zero-order valence-electron chi connectivity index (χ0n) is 14.6. The number of ether oxygens (including phenoxy) is 4. The second-order valence-corrected chi connectivity index (χ2v) is 6.46. The fraction of sp³-hybridized carbons (Fsp3) is 0.529. The predicted octanol–water partition coefficient (Wildman–Crippen LogP) is 2.49. The molecule has 1 aliphatic rings. The van der Waals surface area contributed by atoms with Crippen molar-refractivity contribution >= 4 is 17.6 Å². The Morgan fingerprint density at radius 3 is 2.50 bits per heavy atom. The van der Waals surface area contributed by atoms with Gasteiger partial charge in [0.15, 0.2) is 5.79 Å². The molecule has 24 heavy (non-hydrogen) atoms. The standard InChI is InChI=1S/C17H23NO6/c1-11(19)18-14-7-6-13(23-12(2)20)8-15(14)21-9-17(5)10-22-16(3,4)24-17/h6-8H,9-10H2,1-5H3,(H,18,19). The molecule has 1 aliphatic heterocycles. The summed E-state index contributed by atoms with van der Waals surface area (Å²) in [6, 6.07) is 4.75. The van der Waals surface area contributed by atoms with E-state index in [9.17, 15) is 9.59 Å². The fourth-order valence-corrected chi connectivity index (χ4v) is 2.42. The number of hydrogen-bond donors (Lipinski definition) is 1. The highest BCUT2D eigenvalue weighted by Gasteiger charge is 2.42. The second-order valence-electron chi connectivity index (χ2n) is 6.46. The number of rotatable bonds is 5. The molecule has 132 valence electrons. The van der Waals surface area contributed by atoms with E-state index in [1.165, 1.54) is 13.8 Å². The van der Waals surface area contributed by atoms with E-state index in [4.69, 9.17) is 18.9 Å². The van der Waals surface area contributed by atoms with Gasteiger partial charge in [0.05, 0.1) is 12.3 Å². The topological polar surface area (TPSA) is 83.1 Å². The average molecular weight is 337 g/mol. The van der Waals surface area contributed by atoms with Gasteiger partial charge in [0.2, 0.25) is 5.91 Å². The number of carbonyl (C=O) groups excluding carboxylic acids is 2. The molecule has 1 atom stereocenters. The highest BCUT2D eigenvalue weighted by atomic mass is 16.8. The summed E-state index contributed by atoms with van der Waals surface area (Å²) in [4.78, 5) is 22.4. The molecule has 0 radical (unpaired) electrons. The van der Waals surface area contributed by atoms with E-state index in [-0.39, 0.29) is 12.5 Å². The lowest BCUT2D eigenvalue weighted by molar-refractivity contribution is -0.162. The van der Waals surface area contributed by atoms with Gasteiger partial charge in [-0.1, -0.05) is 0 Å². The Hall–Kier alpha value is -2.12. The Balaban J connectivity index is 2.16. The van der Waals surface area contributed by atoms with Crippen LogP contribution < -0.4 is 14.8 Å². The minimum absolute atomic E-state index is 0.215. The van der Waals surface area contributed by atoms with E-state index in [0.717, 1.165) is 0 Å². The van der Waals surface area contributed by atoms with Gasteiger partial charge in [-0.15, -0.1) is 0 Å². The molecular formula is C17H23NO6. The molecule has 1 aromatic rings. The van der Waals surface area contributed by atoms with Crippen LogP contribution in [0.1, 0.15) is 34.6 Å². The lowest BCUT2D eigenvalue weighted by Gasteiger charge is -2.25. The van der Waals surface area contributed by atoms with Crippen molar-refractivity contribution < 1.29 is 28.5 Å². The molecule has 1 heterocycles. The van der Waals surface area contributed by atoms with Gasteiger partial charge in [0.25, 0.3) is 0 Å². The lowest BCUT2D eigenvalue weighted by Crippen LogP contribution is -2.37. The molecule has 0 saturated carbocycles. The van der Waals surface area contributed by atoms with Crippen molar-refractivity contribution in [3.8, 4) is 11.5 Å². The summed E-state index contributed by atoms with van der Waals surface area (Å²) in [6.45, 7) is 8.88. The summed E-state index contributed by atoms with van der Waals surface area (Å²) in [5.74, 6) is -0.612. The molecular weight excluding hydrogens is 314 g/mol. The van der Waals surface area contributed by atoms with Crippen molar-refractivity contribution in [2.45, 2.75) is 46.0 Å². The summed E-state index contributed by atoms with van der Waals surface area (Å²) in [7, 11) is 0. The first-order valence-electron chi connectivity index (χ1n) is 7.66. The number of benzene rings is 1. The first-order chi connectivity index (χ1) is 11.1. The molecule has 7 nitrogen and oxygen atoms in total. The van der Waals surface area contributed by atoms with Crippen LogP contribution in [0.25, 0.3) is 0 Å². The van der Waals surface area contributed by atoms with Crippen molar-refractivity contribution in [3.05, 3.63) is 18.2 Å². The van der Waals surface area contributed by atoms with Crippen molar-refractivity contribution in [2.24, 2.45) is 0 Å². The van der Waals surface area contributed by atoms with Crippen LogP contribution in [-0.4, -0.2) is 36.5 Å². The molecule has 7 heteroatoms. The minimum atomic E-state index is -0.668. The van der Waals surface area contributed by atoms with E-state index in [1.807, 2.05) is 20.8 Å². The molecule has 1 fully saturated rings. The Kier molecular flexibility index (Phi) is 5.15. The summed E-state index contributed by atoms with van der Waals surface area (Å²) in [6.07, 6.45) is 0. The van der Waals surface area contributed by atoms with Gasteiger partial charge >= 0.3 is 5.97 Å². The van der Waals surface area contributed by atoms with E-state index in [2.05, 4.69) is 5.32 Å². The Morgan fingerprint density at radius 1 is 1.25 bits per heavy atom. The molecule has 1 N–H and O–H groups in total. The SMILES string of the molecule is CC(=O)Nc1ccc(OC(C)=O)cc1OCC1(C)COC(C)(C)O1. The first-order valence-corrected chi connectivity index (χ1v) is 7.66. The van der Waals surface area contributed by atoms with Crippen LogP contribution in [0.5, 0.6) is 11.5 Å². The lowest BCUT2D eigenvalue weighted by atomic mass is 10.1. The maximum absolute atomic E-state index is 11.3. The van der Waals surface area contributed by atoms with Crippen LogP contribution in [0.4, 0.5) is 5.69 Å². The largest absolute Gasteiger partial charge is 0.488 e. The van der Waals surface area contributed by atoms with Crippen LogP contribution >= 0.6 is 0 Å². The third-order valence-electron chi connectivity index (χ3n) is 3.28. The number of amides is 1. The smallest absolute Gasteiger partial charge is 0.308 e. The van der Waals surface area contributed by atoms with Gasteiger partial charge in [-0.3, -0.25) is 9.59 Å². The number of esters is 1. The zero-order valence-corrected chi connectivity index (χ0v) is 14.6. The quantitative estimate of drug-likeness (QED) is 0.656. The number of carbonyl (C=O) groups is 2. The molecule has 0 aliphatic carbocycles. The van der Waals surface area contributed by atoms with Crippen LogP contribution in [0, 0.1) is 0 Å².